The second kappa shape index (κ2) is 6.04. The number of halogens is 3. The molecule has 2 rings (SSSR count). The molecular formula is C15H13BrClFO. The van der Waals surface area contributed by atoms with Gasteiger partial charge in [0.1, 0.15) is 5.82 Å². The molecule has 4 heteroatoms. The summed E-state index contributed by atoms with van der Waals surface area (Å²) < 4.78 is 14.7. The maximum Gasteiger partial charge on any atom is 0.127 e. The van der Waals surface area contributed by atoms with Crippen LogP contribution in [0, 0.1) is 12.7 Å². The summed E-state index contributed by atoms with van der Waals surface area (Å²) in [6.07, 6.45) is -0.508. The summed E-state index contributed by atoms with van der Waals surface area (Å²) in [7, 11) is 0. The molecule has 1 nitrogen and oxygen atoms in total. The lowest BCUT2D eigenvalue weighted by atomic mass is 10.00. The molecular weight excluding hydrogens is 331 g/mol. The van der Waals surface area contributed by atoms with Crippen LogP contribution in [-0.2, 0) is 6.42 Å². The van der Waals surface area contributed by atoms with Gasteiger partial charge < -0.3 is 5.11 Å². The van der Waals surface area contributed by atoms with E-state index in [4.69, 9.17) is 11.6 Å². The summed E-state index contributed by atoms with van der Waals surface area (Å²) in [4.78, 5) is 0. The van der Waals surface area contributed by atoms with Gasteiger partial charge >= 0.3 is 0 Å². The fraction of sp³-hybridized carbons (Fsp3) is 0.200. The third kappa shape index (κ3) is 3.56. The average Bonchev–Trinajstić information content (AvgIpc) is 2.36. The van der Waals surface area contributed by atoms with Crippen LogP contribution < -0.4 is 0 Å². The molecule has 0 heterocycles. The summed E-state index contributed by atoms with van der Waals surface area (Å²) in [5.74, 6) is -0.389. The van der Waals surface area contributed by atoms with Crippen LogP contribution in [0.25, 0.3) is 0 Å². The van der Waals surface area contributed by atoms with E-state index in [1.54, 1.807) is 12.1 Å². The summed E-state index contributed by atoms with van der Waals surface area (Å²) in [5, 5.41) is 10.5. The molecule has 2 aromatic carbocycles. The third-order valence-corrected chi connectivity index (χ3v) is 4.12. The van der Waals surface area contributed by atoms with Crippen molar-refractivity contribution in [2.75, 3.05) is 0 Å². The minimum Gasteiger partial charge on any atom is -0.388 e. The van der Waals surface area contributed by atoms with Crippen molar-refractivity contribution >= 4 is 27.5 Å². The van der Waals surface area contributed by atoms with Gasteiger partial charge in [0.25, 0.3) is 0 Å². The summed E-state index contributed by atoms with van der Waals surface area (Å²) in [5.41, 5.74) is 2.26. The Morgan fingerprint density at radius 1 is 1.26 bits per heavy atom. The number of benzene rings is 2. The van der Waals surface area contributed by atoms with Gasteiger partial charge in [0.15, 0.2) is 0 Å². The highest BCUT2D eigenvalue weighted by Gasteiger charge is 2.12. The Labute approximate surface area is 125 Å². The fourth-order valence-corrected chi connectivity index (χ4v) is 2.29. The first-order valence-electron chi connectivity index (χ1n) is 5.85. The largest absolute Gasteiger partial charge is 0.388 e. The standard InChI is InChI=1S/C15H13BrClFO/c1-9-6-11(3-5-13(9)16)15(19)7-10-2-4-12(17)8-14(10)18/h2-6,8,15,19H,7H2,1H3. The lowest BCUT2D eigenvalue weighted by molar-refractivity contribution is 0.177. The summed E-state index contributed by atoms with van der Waals surface area (Å²) >= 11 is 9.11. The van der Waals surface area contributed by atoms with Gasteiger partial charge in [0.05, 0.1) is 6.10 Å². The first-order valence-corrected chi connectivity index (χ1v) is 7.02. The van der Waals surface area contributed by atoms with Crippen LogP contribution >= 0.6 is 27.5 Å². The minimum absolute atomic E-state index is 0.226. The molecule has 0 radical (unpaired) electrons. The lowest BCUT2D eigenvalue weighted by Crippen LogP contribution is -2.04. The molecule has 0 amide bonds. The summed E-state index contributed by atoms with van der Waals surface area (Å²) in [6, 6.07) is 10.1. The molecule has 0 aliphatic heterocycles. The predicted octanol–water partition coefficient (Wildman–Crippen LogP) is 4.83. The Morgan fingerprint density at radius 2 is 2.00 bits per heavy atom. The average molecular weight is 344 g/mol. The van der Waals surface area contributed by atoms with Crippen LogP contribution in [-0.4, -0.2) is 5.11 Å². The number of hydrogen-bond donors (Lipinski definition) is 1. The van der Waals surface area contributed by atoms with Crippen LogP contribution in [0.3, 0.4) is 0 Å². The zero-order chi connectivity index (χ0) is 14.0. The minimum atomic E-state index is -0.734. The van der Waals surface area contributed by atoms with E-state index in [-0.39, 0.29) is 12.2 Å². The molecule has 1 atom stereocenters. The van der Waals surface area contributed by atoms with Gasteiger partial charge in [0, 0.05) is 15.9 Å². The zero-order valence-electron chi connectivity index (χ0n) is 10.3. The second-order valence-electron chi connectivity index (χ2n) is 4.46. The first kappa shape index (κ1) is 14.5. The van der Waals surface area contributed by atoms with E-state index < -0.39 is 6.10 Å². The smallest absolute Gasteiger partial charge is 0.127 e. The highest BCUT2D eigenvalue weighted by atomic mass is 79.9. The van der Waals surface area contributed by atoms with Crippen molar-refractivity contribution in [2.45, 2.75) is 19.4 Å². The topological polar surface area (TPSA) is 20.2 Å². The van der Waals surface area contributed by atoms with Crippen molar-refractivity contribution in [2.24, 2.45) is 0 Å². The monoisotopic (exact) mass is 342 g/mol. The van der Waals surface area contributed by atoms with E-state index in [2.05, 4.69) is 15.9 Å². The Kier molecular flexibility index (Phi) is 4.61. The number of aliphatic hydroxyl groups is 1. The normalized spacial score (nSPS) is 12.5. The van der Waals surface area contributed by atoms with E-state index >= 15 is 0 Å². The van der Waals surface area contributed by atoms with Crippen LogP contribution in [0.1, 0.15) is 22.8 Å². The quantitative estimate of drug-likeness (QED) is 0.846. The number of rotatable bonds is 3. The molecule has 19 heavy (non-hydrogen) atoms. The molecule has 100 valence electrons. The van der Waals surface area contributed by atoms with Gasteiger partial charge in [0.2, 0.25) is 0 Å². The van der Waals surface area contributed by atoms with Gasteiger partial charge in [-0.15, -0.1) is 0 Å². The zero-order valence-corrected chi connectivity index (χ0v) is 12.7. The number of aliphatic hydroxyl groups excluding tert-OH is 1. The fourth-order valence-electron chi connectivity index (χ4n) is 1.89. The molecule has 0 aliphatic carbocycles. The van der Waals surface area contributed by atoms with E-state index in [0.29, 0.717) is 10.6 Å². The second-order valence-corrected chi connectivity index (χ2v) is 5.76. The van der Waals surface area contributed by atoms with Gasteiger partial charge in [-0.2, -0.15) is 0 Å². The van der Waals surface area contributed by atoms with Gasteiger partial charge in [-0.1, -0.05) is 45.7 Å². The number of aryl methyl sites for hydroxylation is 1. The molecule has 0 saturated heterocycles. The molecule has 0 saturated carbocycles. The Balaban J connectivity index is 2.20. The highest BCUT2D eigenvalue weighted by Crippen LogP contribution is 2.25. The molecule has 1 N–H and O–H groups in total. The maximum absolute atomic E-state index is 13.7. The van der Waals surface area contributed by atoms with Crippen molar-refractivity contribution in [3.8, 4) is 0 Å². The maximum atomic E-state index is 13.7. The molecule has 1 unspecified atom stereocenters. The van der Waals surface area contributed by atoms with Crippen molar-refractivity contribution < 1.29 is 9.50 Å². The molecule has 0 spiro atoms. The van der Waals surface area contributed by atoms with E-state index in [0.717, 1.165) is 15.6 Å². The van der Waals surface area contributed by atoms with Crippen LogP contribution in [0.4, 0.5) is 4.39 Å². The van der Waals surface area contributed by atoms with Crippen LogP contribution in [0.2, 0.25) is 5.02 Å². The summed E-state index contributed by atoms with van der Waals surface area (Å²) in [6.45, 7) is 1.95. The highest BCUT2D eigenvalue weighted by molar-refractivity contribution is 9.10. The molecule has 0 fully saturated rings. The van der Waals surface area contributed by atoms with Crippen molar-refractivity contribution in [3.05, 3.63) is 68.4 Å². The van der Waals surface area contributed by atoms with Crippen LogP contribution in [0.15, 0.2) is 40.9 Å². The van der Waals surface area contributed by atoms with Crippen molar-refractivity contribution in [3.63, 3.8) is 0 Å². The Hall–Kier alpha value is -0.900. The van der Waals surface area contributed by atoms with Crippen LogP contribution in [0.5, 0.6) is 0 Å². The first-order chi connectivity index (χ1) is 8.97. The van der Waals surface area contributed by atoms with E-state index in [1.807, 2.05) is 25.1 Å². The molecule has 0 aliphatic rings. The van der Waals surface area contributed by atoms with Gasteiger partial charge in [-0.05, 0) is 41.8 Å². The number of hydrogen-bond acceptors (Lipinski definition) is 1. The Bertz CT molecular complexity index is 601. The van der Waals surface area contributed by atoms with Crippen molar-refractivity contribution in [1.82, 2.24) is 0 Å². The van der Waals surface area contributed by atoms with E-state index in [1.165, 1.54) is 6.07 Å². The lowest BCUT2D eigenvalue weighted by Gasteiger charge is -2.13. The van der Waals surface area contributed by atoms with Crippen molar-refractivity contribution in [1.29, 1.82) is 0 Å². The third-order valence-electron chi connectivity index (χ3n) is 3.00. The molecule has 2 aromatic rings. The van der Waals surface area contributed by atoms with E-state index in [9.17, 15) is 9.50 Å². The van der Waals surface area contributed by atoms with Gasteiger partial charge in [-0.3, -0.25) is 0 Å². The van der Waals surface area contributed by atoms with Gasteiger partial charge in [-0.25, -0.2) is 4.39 Å². The predicted molar refractivity (Wildman–Crippen MR) is 79.0 cm³/mol. The molecule has 0 aromatic heterocycles. The Morgan fingerprint density at radius 3 is 2.63 bits per heavy atom. The SMILES string of the molecule is Cc1cc(C(O)Cc2ccc(Cl)cc2F)ccc1Br. The molecule has 0 bridgehead atoms.